The Bertz CT molecular complexity index is 1170. The Kier molecular flexibility index (Phi) is 9.81. The number of hydrogen-bond acceptors (Lipinski definition) is 7. The summed E-state index contributed by atoms with van der Waals surface area (Å²) in [6.45, 7) is 0. The largest absolute Gasteiger partial charge is 0.393 e. The second kappa shape index (κ2) is 13.5. The molecule has 1 saturated carbocycles. The highest BCUT2D eigenvalue weighted by Gasteiger charge is 2.40. The molecule has 0 radical (unpaired) electrons. The lowest BCUT2D eigenvalue weighted by molar-refractivity contribution is -0.168. The summed E-state index contributed by atoms with van der Waals surface area (Å²) in [5, 5.41) is 31.8. The highest BCUT2D eigenvalue weighted by atomic mass is 16.7. The van der Waals surface area contributed by atoms with Crippen LogP contribution in [0, 0.1) is 11.8 Å². The number of aliphatic hydroxyl groups is 3. The summed E-state index contributed by atoms with van der Waals surface area (Å²) in [5.41, 5.74) is 1.58. The van der Waals surface area contributed by atoms with Crippen molar-refractivity contribution >= 4 is 17.8 Å². The molecule has 0 aromatic heterocycles. The van der Waals surface area contributed by atoms with Gasteiger partial charge in [-0.15, -0.1) is 0 Å². The first-order chi connectivity index (χ1) is 18.8. The fourth-order valence-corrected chi connectivity index (χ4v) is 5.15. The van der Waals surface area contributed by atoms with E-state index in [-0.39, 0.29) is 35.8 Å². The Hall–Kier alpha value is -3.59. The van der Waals surface area contributed by atoms with Gasteiger partial charge in [0.1, 0.15) is 0 Å². The molecule has 206 valence electrons. The van der Waals surface area contributed by atoms with E-state index >= 15 is 0 Å². The third kappa shape index (κ3) is 7.29. The molecule has 0 spiro atoms. The number of nitrogens with zero attached hydrogens (tertiary/aromatic N) is 1. The van der Waals surface area contributed by atoms with Gasteiger partial charge in [0, 0.05) is 18.8 Å². The van der Waals surface area contributed by atoms with Crippen molar-refractivity contribution in [3.63, 3.8) is 0 Å². The van der Waals surface area contributed by atoms with E-state index in [0.717, 1.165) is 12.0 Å². The number of amides is 2. The van der Waals surface area contributed by atoms with E-state index in [1.165, 1.54) is 12.1 Å². The Labute approximate surface area is 228 Å². The highest BCUT2D eigenvalue weighted by Crippen LogP contribution is 2.36. The first-order valence-electron chi connectivity index (χ1n) is 13.4. The fourth-order valence-electron chi connectivity index (χ4n) is 5.15. The summed E-state index contributed by atoms with van der Waals surface area (Å²) in [7, 11) is 0. The van der Waals surface area contributed by atoms with Crippen molar-refractivity contribution < 1.29 is 34.5 Å². The predicted molar refractivity (Wildman–Crippen MR) is 144 cm³/mol. The Balaban J connectivity index is 1.18. The zero-order valence-corrected chi connectivity index (χ0v) is 21.8. The fraction of sp³-hybridized carbons (Fsp3) is 0.387. The lowest BCUT2D eigenvalue weighted by atomic mass is 9.89. The maximum atomic E-state index is 12.3. The zero-order valence-electron chi connectivity index (χ0n) is 21.8. The number of hydrogen-bond donors (Lipinski definition) is 3. The van der Waals surface area contributed by atoms with Crippen molar-refractivity contribution in [1.82, 2.24) is 5.06 Å². The van der Waals surface area contributed by atoms with Gasteiger partial charge >= 0.3 is 5.97 Å². The number of allylic oxidation sites excluding steroid dienone is 2. The van der Waals surface area contributed by atoms with Gasteiger partial charge in [-0.1, -0.05) is 71.8 Å². The summed E-state index contributed by atoms with van der Waals surface area (Å²) in [6.07, 6.45) is 8.65. The number of carbonyl (C=O) groups excluding carboxylic acids is 3. The molecule has 1 aliphatic carbocycles. The van der Waals surface area contributed by atoms with Crippen LogP contribution in [0.15, 0.2) is 78.9 Å². The lowest BCUT2D eigenvalue weighted by Gasteiger charge is -2.19. The number of rotatable bonds is 12. The number of aliphatic hydroxyl groups excluding tert-OH is 3. The summed E-state index contributed by atoms with van der Waals surface area (Å²) < 4.78 is 0. The molecule has 8 heteroatoms. The van der Waals surface area contributed by atoms with Gasteiger partial charge in [0.15, 0.2) is 0 Å². The quantitative estimate of drug-likeness (QED) is 0.216. The van der Waals surface area contributed by atoms with E-state index in [1.54, 1.807) is 18.2 Å². The minimum Gasteiger partial charge on any atom is -0.393 e. The molecule has 39 heavy (non-hydrogen) atoms. The SMILES string of the molecule is O=C(CCC/C=C\C[C@@H]1[C@@H](/C=C/[C@@H](O)CCc2ccccc2)[C@H](O)C[C@@H]1O)ON1C(=O)c2ccccc2C1=O. The van der Waals surface area contributed by atoms with Crippen LogP contribution in [-0.4, -0.2) is 56.5 Å². The number of hydroxylamine groups is 2. The van der Waals surface area contributed by atoms with E-state index in [9.17, 15) is 29.7 Å². The van der Waals surface area contributed by atoms with Gasteiger partial charge in [-0.25, -0.2) is 4.79 Å². The van der Waals surface area contributed by atoms with E-state index in [4.69, 9.17) is 4.84 Å². The van der Waals surface area contributed by atoms with Crippen LogP contribution in [0.25, 0.3) is 0 Å². The van der Waals surface area contributed by atoms with E-state index in [2.05, 4.69) is 0 Å². The first kappa shape index (κ1) is 28.4. The van der Waals surface area contributed by atoms with Crippen LogP contribution in [0.5, 0.6) is 0 Å². The molecule has 0 unspecified atom stereocenters. The number of aryl methyl sites for hydroxylation is 1. The van der Waals surface area contributed by atoms with E-state index in [1.807, 2.05) is 48.6 Å². The molecule has 2 aromatic carbocycles. The van der Waals surface area contributed by atoms with Gasteiger partial charge in [0.2, 0.25) is 0 Å². The van der Waals surface area contributed by atoms with Crippen LogP contribution in [0.1, 0.15) is 64.8 Å². The Morgan fingerprint density at radius 3 is 2.33 bits per heavy atom. The maximum Gasteiger partial charge on any atom is 0.333 e. The Morgan fingerprint density at radius 1 is 0.974 bits per heavy atom. The number of imide groups is 1. The molecular formula is C31H35NO7. The molecule has 1 heterocycles. The van der Waals surface area contributed by atoms with Crippen molar-refractivity contribution in [3.8, 4) is 0 Å². The molecule has 1 fully saturated rings. The summed E-state index contributed by atoms with van der Waals surface area (Å²) in [6, 6.07) is 16.2. The summed E-state index contributed by atoms with van der Waals surface area (Å²) in [5.74, 6) is -2.39. The van der Waals surface area contributed by atoms with E-state index in [0.29, 0.717) is 30.7 Å². The number of carbonyl (C=O) groups is 3. The monoisotopic (exact) mass is 533 g/mol. The molecule has 8 nitrogen and oxygen atoms in total. The molecule has 0 bridgehead atoms. The minimum atomic E-state index is -0.673. The van der Waals surface area contributed by atoms with Crippen LogP contribution in [0.4, 0.5) is 0 Å². The van der Waals surface area contributed by atoms with Crippen LogP contribution in [0.3, 0.4) is 0 Å². The molecule has 2 aliphatic rings. The molecule has 1 aliphatic heterocycles. The third-order valence-electron chi connectivity index (χ3n) is 7.32. The first-order valence-corrected chi connectivity index (χ1v) is 13.4. The van der Waals surface area contributed by atoms with Gasteiger partial charge in [-0.3, -0.25) is 9.59 Å². The van der Waals surface area contributed by atoms with Gasteiger partial charge < -0.3 is 20.2 Å². The van der Waals surface area contributed by atoms with Crippen LogP contribution in [-0.2, 0) is 16.1 Å². The molecule has 4 rings (SSSR count). The molecule has 3 N–H and O–H groups in total. The van der Waals surface area contributed by atoms with Crippen molar-refractivity contribution in [2.24, 2.45) is 11.8 Å². The van der Waals surface area contributed by atoms with Crippen molar-refractivity contribution in [1.29, 1.82) is 0 Å². The molecule has 2 amide bonds. The van der Waals surface area contributed by atoms with E-state index < -0.39 is 36.1 Å². The van der Waals surface area contributed by atoms with Gasteiger partial charge in [0.25, 0.3) is 11.8 Å². The second-order valence-corrected chi connectivity index (χ2v) is 10.1. The van der Waals surface area contributed by atoms with Crippen LogP contribution < -0.4 is 0 Å². The predicted octanol–water partition coefficient (Wildman–Crippen LogP) is 3.77. The number of unbranched alkanes of at least 4 members (excludes halogenated alkanes) is 1. The van der Waals surface area contributed by atoms with Gasteiger partial charge in [0.05, 0.1) is 29.4 Å². The van der Waals surface area contributed by atoms with Gasteiger partial charge in [-0.05, 0) is 55.7 Å². The topological polar surface area (TPSA) is 124 Å². The summed E-state index contributed by atoms with van der Waals surface area (Å²) in [4.78, 5) is 41.8. The van der Waals surface area contributed by atoms with Crippen LogP contribution in [0.2, 0.25) is 0 Å². The standard InChI is InChI=1S/C31H35NO7/c33-22(17-16-21-10-4-3-5-11-21)18-19-24-23(27(34)20-28(24)35)12-6-1-2-7-15-29(36)39-32-30(37)25-13-8-9-14-26(25)31(32)38/h1,3-6,8-11,13-14,18-19,22-24,27-28,33-35H,2,7,12,15-17,20H2/b6-1-,19-18+/t22-,23+,24+,27-,28+/m0/s1. The molecular weight excluding hydrogens is 498 g/mol. The molecule has 2 aromatic rings. The minimum absolute atomic E-state index is 0.0365. The third-order valence-corrected chi connectivity index (χ3v) is 7.32. The molecule has 0 saturated heterocycles. The van der Waals surface area contributed by atoms with Crippen molar-refractivity contribution in [2.45, 2.75) is 63.3 Å². The number of fused-ring (bicyclic) bond motifs is 1. The van der Waals surface area contributed by atoms with Crippen molar-refractivity contribution in [2.75, 3.05) is 0 Å². The maximum absolute atomic E-state index is 12.3. The molecule has 5 atom stereocenters. The highest BCUT2D eigenvalue weighted by molar-refractivity contribution is 6.20. The van der Waals surface area contributed by atoms with Gasteiger partial charge in [-0.2, -0.15) is 0 Å². The average molecular weight is 534 g/mol. The second-order valence-electron chi connectivity index (χ2n) is 10.1. The average Bonchev–Trinajstić information content (AvgIpc) is 3.35. The van der Waals surface area contributed by atoms with Crippen LogP contribution >= 0.6 is 0 Å². The smallest absolute Gasteiger partial charge is 0.333 e. The zero-order chi connectivity index (χ0) is 27.8. The van der Waals surface area contributed by atoms with Crippen molar-refractivity contribution in [3.05, 3.63) is 95.6 Å². The number of benzene rings is 2. The Morgan fingerprint density at radius 2 is 1.64 bits per heavy atom. The summed E-state index contributed by atoms with van der Waals surface area (Å²) >= 11 is 0. The normalized spacial score (nSPS) is 23.6. The lowest BCUT2D eigenvalue weighted by Crippen LogP contribution is -2.32.